The van der Waals surface area contributed by atoms with E-state index in [1.807, 2.05) is 4.90 Å². The molecule has 0 aromatic carbocycles. The number of amides is 1. The molecular weight excluding hydrogens is 310 g/mol. The fourth-order valence-corrected chi connectivity index (χ4v) is 4.52. The van der Waals surface area contributed by atoms with Crippen LogP contribution in [0.3, 0.4) is 0 Å². The molecule has 0 bridgehead atoms. The van der Waals surface area contributed by atoms with E-state index < -0.39 is 0 Å². The fraction of sp³-hybridized carbons (Fsp3) is 0.909. The van der Waals surface area contributed by atoms with Gasteiger partial charge < -0.3 is 4.90 Å². The summed E-state index contributed by atoms with van der Waals surface area (Å²) >= 11 is 0. The van der Waals surface area contributed by atoms with Gasteiger partial charge in [-0.3, -0.25) is 9.59 Å². The number of hydrogen-bond donors (Lipinski definition) is 0. The first kappa shape index (κ1) is 22.2. The fourth-order valence-electron chi connectivity index (χ4n) is 4.52. The zero-order valence-electron chi connectivity index (χ0n) is 17.2. The quantitative estimate of drug-likeness (QED) is 0.410. The van der Waals surface area contributed by atoms with Gasteiger partial charge in [0.2, 0.25) is 5.91 Å². The Kier molecular flexibility index (Phi) is 11.1. The summed E-state index contributed by atoms with van der Waals surface area (Å²) in [4.78, 5) is 25.9. The van der Waals surface area contributed by atoms with E-state index in [1.54, 1.807) is 13.8 Å². The Morgan fingerprint density at radius 1 is 0.840 bits per heavy atom. The van der Waals surface area contributed by atoms with Gasteiger partial charge in [0.15, 0.2) is 0 Å². The summed E-state index contributed by atoms with van der Waals surface area (Å²) in [5.74, 6) is 0.402. The van der Waals surface area contributed by atoms with E-state index in [0.29, 0.717) is 6.04 Å². The standard InChI is InChI=1S/C22H41NO2/c1-5-6-7-8-9-10-11-12-13-14-15-21-16-17-22(19(3)24)18(2)23(21)20(4)25/h18,21-22H,5-17H2,1-4H3/t18-,21+,22-/m1/s1. The maximum absolute atomic E-state index is 12.1. The van der Waals surface area contributed by atoms with Gasteiger partial charge in [0, 0.05) is 24.9 Å². The minimum Gasteiger partial charge on any atom is -0.337 e. The van der Waals surface area contributed by atoms with Crippen LogP contribution in [0.2, 0.25) is 0 Å². The van der Waals surface area contributed by atoms with E-state index in [-0.39, 0.29) is 23.7 Å². The van der Waals surface area contributed by atoms with Crippen molar-refractivity contribution in [2.24, 2.45) is 5.92 Å². The van der Waals surface area contributed by atoms with E-state index in [4.69, 9.17) is 0 Å². The van der Waals surface area contributed by atoms with E-state index in [2.05, 4.69) is 13.8 Å². The molecule has 25 heavy (non-hydrogen) atoms. The number of ketones is 1. The van der Waals surface area contributed by atoms with E-state index in [0.717, 1.165) is 19.3 Å². The van der Waals surface area contributed by atoms with Crippen molar-refractivity contribution in [1.29, 1.82) is 0 Å². The van der Waals surface area contributed by atoms with E-state index in [9.17, 15) is 9.59 Å². The molecule has 0 aromatic rings. The second-order valence-electron chi connectivity index (χ2n) is 8.09. The minimum atomic E-state index is 0.0351. The molecule has 3 heteroatoms. The third-order valence-corrected chi connectivity index (χ3v) is 6.00. The van der Waals surface area contributed by atoms with Crippen molar-refractivity contribution >= 4 is 11.7 Å². The molecule has 0 radical (unpaired) electrons. The molecule has 1 fully saturated rings. The summed E-state index contributed by atoms with van der Waals surface area (Å²) in [5.41, 5.74) is 0. The Balaban J connectivity index is 2.21. The second kappa shape index (κ2) is 12.5. The van der Waals surface area contributed by atoms with Gasteiger partial charge >= 0.3 is 0 Å². The van der Waals surface area contributed by atoms with Gasteiger partial charge in [-0.2, -0.15) is 0 Å². The number of hydrogen-bond acceptors (Lipinski definition) is 2. The average Bonchev–Trinajstić information content (AvgIpc) is 2.55. The van der Waals surface area contributed by atoms with Crippen molar-refractivity contribution in [3.8, 4) is 0 Å². The zero-order chi connectivity index (χ0) is 18.7. The van der Waals surface area contributed by atoms with Crippen molar-refractivity contribution in [2.45, 2.75) is 123 Å². The summed E-state index contributed by atoms with van der Waals surface area (Å²) in [6.07, 6.45) is 16.5. The normalized spacial score (nSPS) is 23.7. The highest BCUT2D eigenvalue weighted by Crippen LogP contribution is 2.31. The number of likely N-dealkylation sites (tertiary alicyclic amines) is 1. The van der Waals surface area contributed by atoms with Gasteiger partial charge in [-0.05, 0) is 33.1 Å². The van der Waals surface area contributed by atoms with Crippen LogP contribution in [0.5, 0.6) is 0 Å². The van der Waals surface area contributed by atoms with Gasteiger partial charge in [0.05, 0.1) is 0 Å². The molecule has 0 saturated carbocycles. The van der Waals surface area contributed by atoms with Crippen LogP contribution in [0.25, 0.3) is 0 Å². The zero-order valence-corrected chi connectivity index (χ0v) is 17.2. The predicted molar refractivity (Wildman–Crippen MR) is 106 cm³/mol. The molecule has 1 aliphatic rings. The lowest BCUT2D eigenvalue weighted by Gasteiger charge is -2.44. The highest BCUT2D eigenvalue weighted by atomic mass is 16.2. The third kappa shape index (κ3) is 7.92. The molecule has 1 saturated heterocycles. The number of carbonyl (C=O) groups excluding carboxylic acids is 2. The summed E-state index contributed by atoms with van der Waals surface area (Å²) in [6, 6.07) is 0.411. The first-order chi connectivity index (χ1) is 12.0. The summed E-state index contributed by atoms with van der Waals surface area (Å²) in [6.45, 7) is 7.64. The van der Waals surface area contributed by atoms with Gasteiger partial charge in [-0.15, -0.1) is 0 Å². The van der Waals surface area contributed by atoms with Crippen LogP contribution in [-0.2, 0) is 9.59 Å². The Hall–Kier alpha value is -0.860. The van der Waals surface area contributed by atoms with Crippen molar-refractivity contribution in [3.63, 3.8) is 0 Å². The Bertz CT molecular complexity index is 393. The average molecular weight is 352 g/mol. The number of piperidine rings is 1. The number of rotatable bonds is 12. The lowest BCUT2D eigenvalue weighted by Crippen LogP contribution is -2.53. The van der Waals surface area contributed by atoms with E-state index in [1.165, 1.54) is 64.2 Å². The van der Waals surface area contributed by atoms with Gasteiger partial charge in [-0.1, -0.05) is 71.1 Å². The maximum atomic E-state index is 12.1. The largest absolute Gasteiger partial charge is 0.337 e. The molecule has 0 spiro atoms. The van der Waals surface area contributed by atoms with Crippen molar-refractivity contribution < 1.29 is 9.59 Å². The van der Waals surface area contributed by atoms with Crippen LogP contribution in [-0.4, -0.2) is 28.7 Å². The highest BCUT2D eigenvalue weighted by Gasteiger charge is 2.37. The topological polar surface area (TPSA) is 37.4 Å². The molecule has 1 aliphatic heterocycles. The molecule has 0 aromatic heterocycles. The van der Waals surface area contributed by atoms with Crippen molar-refractivity contribution in [1.82, 2.24) is 4.90 Å². The van der Waals surface area contributed by atoms with Gasteiger partial charge in [0.1, 0.15) is 5.78 Å². The van der Waals surface area contributed by atoms with Crippen molar-refractivity contribution in [2.75, 3.05) is 0 Å². The summed E-state index contributed by atoms with van der Waals surface area (Å²) < 4.78 is 0. The monoisotopic (exact) mass is 351 g/mol. The second-order valence-corrected chi connectivity index (χ2v) is 8.09. The van der Waals surface area contributed by atoms with Crippen LogP contribution < -0.4 is 0 Å². The third-order valence-electron chi connectivity index (χ3n) is 6.00. The molecule has 3 atom stereocenters. The van der Waals surface area contributed by atoms with Crippen LogP contribution >= 0.6 is 0 Å². The molecule has 3 nitrogen and oxygen atoms in total. The lowest BCUT2D eigenvalue weighted by atomic mass is 9.82. The first-order valence-corrected chi connectivity index (χ1v) is 10.8. The van der Waals surface area contributed by atoms with Crippen LogP contribution in [0.4, 0.5) is 0 Å². The molecule has 0 N–H and O–H groups in total. The Morgan fingerprint density at radius 3 is 1.84 bits per heavy atom. The van der Waals surface area contributed by atoms with Crippen LogP contribution in [0.15, 0.2) is 0 Å². The Labute approximate surface area is 155 Å². The number of nitrogens with zero attached hydrogens (tertiary/aromatic N) is 1. The first-order valence-electron chi connectivity index (χ1n) is 10.8. The number of unbranched alkanes of at least 4 members (excludes halogenated alkanes) is 9. The molecule has 1 amide bonds. The number of carbonyl (C=O) groups is 2. The molecule has 146 valence electrons. The van der Waals surface area contributed by atoms with Crippen LogP contribution in [0.1, 0.15) is 111 Å². The Morgan fingerprint density at radius 2 is 1.36 bits per heavy atom. The SMILES string of the molecule is CCCCCCCCCCCC[C@H]1CC[C@@H](C(C)=O)[C@@H](C)N1C(C)=O. The van der Waals surface area contributed by atoms with E-state index >= 15 is 0 Å². The molecule has 1 heterocycles. The summed E-state index contributed by atoms with van der Waals surface area (Å²) in [7, 11) is 0. The van der Waals surface area contributed by atoms with Gasteiger partial charge in [-0.25, -0.2) is 0 Å². The molecular formula is C22H41NO2. The minimum absolute atomic E-state index is 0.0351. The highest BCUT2D eigenvalue weighted by molar-refractivity contribution is 5.81. The smallest absolute Gasteiger partial charge is 0.219 e. The maximum Gasteiger partial charge on any atom is 0.219 e. The predicted octanol–water partition coefficient (Wildman–Crippen LogP) is 5.90. The lowest BCUT2D eigenvalue weighted by molar-refractivity contribution is -0.140. The van der Waals surface area contributed by atoms with Crippen LogP contribution in [0, 0.1) is 5.92 Å². The molecule has 0 aliphatic carbocycles. The number of Topliss-reactive ketones (excluding diaryl/α,β-unsaturated/α-hetero) is 1. The molecule has 0 unspecified atom stereocenters. The molecule has 1 rings (SSSR count). The summed E-state index contributed by atoms with van der Waals surface area (Å²) in [5, 5.41) is 0. The van der Waals surface area contributed by atoms with Gasteiger partial charge in [0.25, 0.3) is 0 Å². The van der Waals surface area contributed by atoms with Crippen molar-refractivity contribution in [3.05, 3.63) is 0 Å².